The number of halogens is 1. The molecular formula is C17H13FN2O4S. The number of nitrogens with zero attached hydrogens (tertiary/aromatic N) is 2. The number of aromatic carboxylic acids is 1. The van der Waals surface area contributed by atoms with Gasteiger partial charge in [-0.25, -0.2) is 22.3 Å². The Morgan fingerprint density at radius 1 is 1.12 bits per heavy atom. The summed E-state index contributed by atoms with van der Waals surface area (Å²) >= 11 is 0. The molecule has 0 aliphatic rings. The van der Waals surface area contributed by atoms with E-state index >= 15 is 0 Å². The van der Waals surface area contributed by atoms with E-state index in [1.54, 1.807) is 6.07 Å². The summed E-state index contributed by atoms with van der Waals surface area (Å²) in [6.45, 7) is 0. The van der Waals surface area contributed by atoms with Crippen molar-refractivity contribution in [3.63, 3.8) is 0 Å². The number of hydrogen-bond acceptors (Lipinski definition) is 4. The Balaban J connectivity index is 2.19. The minimum Gasteiger partial charge on any atom is -0.476 e. The first-order valence-corrected chi connectivity index (χ1v) is 9.05. The molecule has 8 heteroatoms. The number of sulfone groups is 1. The zero-order chi connectivity index (χ0) is 18.2. The van der Waals surface area contributed by atoms with Crippen LogP contribution in [-0.2, 0) is 9.84 Å². The van der Waals surface area contributed by atoms with Crippen LogP contribution >= 0.6 is 0 Å². The van der Waals surface area contributed by atoms with Gasteiger partial charge in [0.15, 0.2) is 15.5 Å². The lowest BCUT2D eigenvalue weighted by molar-refractivity contribution is 0.0690. The van der Waals surface area contributed by atoms with Crippen LogP contribution in [0.1, 0.15) is 10.5 Å². The van der Waals surface area contributed by atoms with Crippen LogP contribution in [0.25, 0.3) is 16.9 Å². The first-order valence-electron chi connectivity index (χ1n) is 7.16. The molecule has 0 radical (unpaired) electrons. The maximum absolute atomic E-state index is 14.1. The normalized spacial score (nSPS) is 11.4. The summed E-state index contributed by atoms with van der Waals surface area (Å²) in [7, 11) is -3.36. The number of para-hydroxylation sites is 1. The summed E-state index contributed by atoms with van der Waals surface area (Å²) in [5.41, 5.74) is 0.695. The monoisotopic (exact) mass is 360 g/mol. The van der Waals surface area contributed by atoms with E-state index in [4.69, 9.17) is 0 Å². The molecule has 1 N–H and O–H groups in total. The molecule has 2 aromatic carbocycles. The highest BCUT2D eigenvalue weighted by molar-refractivity contribution is 7.90. The van der Waals surface area contributed by atoms with Crippen LogP contribution in [0, 0.1) is 5.82 Å². The van der Waals surface area contributed by atoms with E-state index in [1.165, 1.54) is 53.2 Å². The highest BCUT2D eigenvalue weighted by Gasteiger charge is 2.18. The van der Waals surface area contributed by atoms with Gasteiger partial charge in [0.05, 0.1) is 10.6 Å². The summed E-state index contributed by atoms with van der Waals surface area (Å²) in [6.07, 6.45) is 1.09. The minimum atomic E-state index is -3.36. The molecule has 0 unspecified atom stereocenters. The number of carbonyl (C=O) groups is 1. The van der Waals surface area contributed by atoms with E-state index in [0.29, 0.717) is 11.3 Å². The van der Waals surface area contributed by atoms with Gasteiger partial charge < -0.3 is 5.11 Å². The molecule has 0 fully saturated rings. The lowest BCUT2D eigenvalue weighted by Crippen LogP contribution is -2.04. The van der Waals surface area contributed by atoms with Gasteiger partial charge in [-0.05, 0) is 30.3 Å². The van der Waals surface area contributed by atoms with Crippen LogP contribution in [0.5, 0.6) is 0 Å². The molecule has 1 heterocycles. The molecule has 3 rings (SSSR count). The van der Waals surface area contributed by atoms with Crippen LogP contribution in [0.4, 0.5) is 4.39 Å². The number of rotatable bonds is 4. The number of benzene rings is 2. The van der Waals surface area contributed by atoms with Crippen molar-refractivity contribution in [2.45, 2.75) is 4.90 Å². The van der Waals surface area contributed by atoms with Gasteiger partial charge in [-0.1, -0.05) is 24.3 Å². The predicted molar refractivity (Wildman–Crippen MR) is 89.0 cm³/mol. The lowest BCUT2D eigenvalue weighted by Gasteiger charge is -2.09. The Morgan fingerprint density at radius 3 is 2.32 bits per heavy atom. The molecule has 0 amide bonds. The van der Waals surface area contributed by atoms with Gasteiger partial charge in [-0.15, -0.1) is 0 Å². The third-order valence-corrected chi connectivity index (χ3v) is 4.72. The predicted octanol–water partition coefficient (Wildman–Crippen LogP) is 2.78. The molecule has 0 saturated carbocycles. The Hall–Kier alpha value is -3.00. The average Bonchev–Trinajstić information content (AvgIpc) is 3.00. The topological polar surface area (TPSA) is 89.3 Å². The summed E-state index contributed by atoms with van der Waals surface area (Å²) < 4.78 is 38.4. The van der Waals surface area contributed by atoms with Crippen LogP contribution in [0.15, 0.2) is 59.5 Å². The second-order valence-electron chi connectivity index (χ2n) is 5.38. The maximum atomic E-state index is 14.1. The molecule has 25 heavy (non-hydrogen) atoms. The highest BCUT2D eigenvalue weighted by Crippen LogP contribution is 2.26. The third-order valence-electron chi connectivity index (χ3n) is 3.59. The fraction of sp³-hybridized carbons (Fsp3) is 0.0588. The van der Waals surface area contributed by atoms with Gasteiger partial charge in [0, 0.05) is 11.8 Å². The summed E-state index contributed by atoms with van der Waals surface area (Å²) in [5.74, 6) is -1.80. The highest BCUT2D eigenvalue weighted by atomic mass is 32.2. The minimum absolute atomic E-state index is 0.0946. The zero-order valence-corrected chi connectivity index (χ0v) is 13.9. The lowest BCUT2D eigenvalue weighted by atomic mass is 10.1. The molecular weight excluding hydrogens is 347 g/mol. The molecule has 128 valence electrons. The molecule has 3 aromatic rings. The van der Waals surface area contributed by atoms with Gasteiger partial charge in [-0.3, -0.25) is 0 Å². The van der Waals surface area contributed by atoms with Crippen molar-refractivity contribution in [3.8, 4) is 16.9 Å². The fourth-order valence-electron chi connectivity index (χ4n) is 2.37. The standard InChI is InChI=1S/C17H13FN2O4S/c1-25(23,24)12-8-6-11(7-9-12)16-10-14(17(21)22)19-20(16)15-5-3-2-4-13(15)18/h2-10H,1H3,(H,21,22). The fourth-order valence-corrected chi connectivity index (χ4v) is 3.00. The molecule has 0 saturated heterocycles. The second kappa shape index (κ2) is 6.14. The van der Waals surface area contributed by atoms with Gasteiger partial charge in [0.2, 0.25) is 0 Å². The first-order chi connectivity index (χ1) is 11.8. The zero-order valence-electron chi connectivity index (χ0n) is 13.0. The molecule has 0 bridgehead atoms. The van der Waals surface area contributed by atoms with Crippen molar-refractivity contribution < 1.29 is 22.7 Å². The number of carboxylic acid groups (broad SMARTS) is 1. The number of aromatic nitrogens is 2. The van der Waals surface area contributed by atoms with Crippen molar-refractivity contribution in [2.24, 2.45) is 0 Å². The van der Waals surface area contributed by atoms with Gasteiger partial charge in [0.25, 0.3) is 0 Å². The molecule has 0 aliphatic heterocycles. The van der Waals surface area contributed by atoms with Crippen LogP contribution < -0.4 is 0 Å². The van der Waals surface area contributed by atoms with Crippen LogP contribution in [0.3, 0.4) is 0 Å². The summed E-state index contributed by atoms with van der Waals surface area (Å²) in [5, 5.41) is 13.1. The second-order valence-corrected chi connectivity index (χ2v) is 7.40. The summed E-state index contributed by atoms with van der Waals surface area (Å²) in [4.78, 5) is 11.4. The van der Waals surface area contributed by atoms with Crippen LogP contribution in [-0.4, -0.2) is 35.5 Å². The average molecular weight is 360 g/mol. The van der Waals surface area contributed by atoms with Crippen molar-refractivity contribution in [1.29, 1.82) is 0 Å². The maximum Gasteiger partial charge on any atom is 0.356 e. The SMILES string of the molecule is CS(=O)(=O)c1ccc(-c2cc(C(=O)O)nn2-c2ccccc2F)cc1. The Bertz CT molecular complexity index is 1060. The third kappa shape index (κ3) is 3.29. The van der Waals surface area contributed by atoms with Crippen LogP contribution in [0.2, 0.25) is 0 Å². The Kier molecular flexibility index (Phi) is 4.13. The van der Waals surface area contributed by atoms with E-state index in [-0.39, 0.29) is 16.3 Å². The van der Waals surface area contributed by atoms with E-state index in [2.05, 4.69) is 5.10 Å². The van der Waals surface area contributed by atoms with Gasteiger partial charge in [0.1, 0.15) is 11.5 Å². The van der Waals surface area contributed by atoms with E-state index < -0.39 is 21.6 Å². The largest absolute Gasteiger partial charge is 0.476 e. The van der Waals surface area contributed by atoms with E-state index in [1.807, 2.05) is 0 Å². The van der Waals surface area contributed by atoms with Gasteiger partial charge in [-0.2, -0.15) is 5.10 Å². The molecule has 6 nitrogen and oxygen atoms in total. The molecule has 0 spiro atoms. The summed E-state index contributed by atoms with van der Waals surface area (Å²) in [6, 6.07) is 13.0. The number of carboxylic acids is 1. The van der Waals surface area contributed by atoms with E-state index in [0.717, 1.165) is 6.26 Å². The Morgan fingerprint density at radius 2 is 1.76 bits per heavy atom. The van der Waals surface area contributed by atoms with Crippen molar-refractivity contribution in [2.75, 3.05) is 6.26 Å². The van der Waals surface area contributed by atoms with Crippen molar-refractivity contribution in [1.82, 2.24) is 9.78 Å². The number of hydrogen-bond donors (Lipinski definition) is 1. The first kappa shape index (κ1) is 16.8. The molecule has 0 atom stereocenters. The van der Waals surface area contributed by atoms with Crippen molar-refractivity contribution in [3.05, 3.63) is 66.1 Å². The molecule has 1 aromatic heterocycles. The Labute approximate surface area is 143 Å². The molecule has 0 aliphatic carbocycles. The quantitative estimate of drug-likeness (QED) is 0.773. The van der Waals surface area contributed by atoms with Crippen molar-refractivity contribution >= 4 is 15.8 Å². The van der Waals surface area contributed by atoms with E-state index in [9.17, 15) is 22.7 Å². The smallest absolute Gasteiger partial charge is 0.356 e. The van der Waals surface area contributed by atoms with Gasteiger partial charge >= 0.3 is 5.97 Å².